The van der Waals surface area contributed by atoms with E-state index in [2.05, 4.69) is 6.92 Å². The second-order valence-corrected chi connectivity index (χ2v) is 6.56. The third-order valence-electron chi connectivity index (χ3n) is 3.81. The molecule has 0 aliphatic carbocycles. The van der Waals surface area contributed by atoms with Crippen LogP contribution in [0.4, 0.5) is 5.69 Å². The van der Waals surface area contributed by atoms with E-state index in [-0.39, 0.29) is 17.6 Å². The van der Waals surface area contributed by atoms with E-state index in [4.69, 9.17) is 0 Å². The first kappa shape index (κ1) is 14.8. The van der Waals surface area contributed by atoms with Crippen molar-refractivity contribution in [3.05, 3.63) is 39.4 Å². The number of nitrogens with zero attached hydrogens (tertiary/aromatic N) is 2. The van der Waals surface area contributed by atoms with Crippen molar-refractivity contribution in [3.8, 4) is 0 Å². The van der Waals surface area contributed by atoms with Gasteiger partial charge in [0.2, 0.25) is 0 Å². The van der Waals surface area contributed by atoms with Gasteiger partial charge in [0.05, 0.1) is 4.92 Å². The van der Waals surface area contributed by atoms with E-state index in [1.807, 2.05) is 30.5 Å². The number of aryl methyl sites for hydroxylation is 1. The summed E-state index contributed by atoms with van der Waals surface area (Å²) in [5.41, 5.74) is 1.18. The van der Waals surface area contributed by atoms with Crippen LogP contribution in [0.1, 0.15) is 29.8 Å². The molecule has 1 fully saturated rings. The fourth-order valence-corrected chi connectivity index (χ4v) is 3.43. The van der Waals surface area contributed by atoms with E-state index in [1.54, 1.807) is 6.07 Å². The van der Waals surface area contributed by atoms with Gasteiger partial charge in [-0.1, -0.05) is 13.0 Å². The summed E-state index contributed by atoms with van der Waals surface area (Å²) in [6.07, 6.45) is 0. The quantitative estimate of drug-likeness (QED) is 0.621. The van der Waals surface area contributed by atoms with E-state index in [0.29, 0.717) is 17.4 Å². The maximum Gasteiger partial charge on any atom is 0.270 e. The molecule has 20 heavy (non-hydrogen) atoms. The van der Waals surface area contributed by atoms with Crippen molar-refractivity contribution in [2.45, 2.75) is 32.1 Å². The third-order valence-corrected chi connectivity index (χ3v) is 5.15. The average Bonchev–Trinajstić information content (AvgIpc) is 2.41. The zero-order valence-electron chi connectivity index (χ0n) is 11.8. The highest BCUT2D eigenvalue weighted by molar-refractivity contribution is 8.00. The van der Waals surface area contributed by atoms with Crippen LogP contribution >= 0.6 is 11.8 Å². The molecular formula is C14H18N2O3S. The van der Waals surface area contributed by atoms with Crippen LogP contribution in [0.2, 0.25) is 0 Å². The summed E-state index contributed by atoms with van der Waals surface area (Å²) in [7, 11) is 0. The van der Waals surface area contributed by atoms with Crippen LogP contribution in [-0.4, -0.2) is 39.3 Å². The van der Waals surface area contributed by atoms with E-state index in [0.717, 1.165) is 11.3 Å². The molecule has 1 aliphatic heterocycles. The maximum absolute atomic E-state index is 12.6. The second kappa shape index (κ2) is 5.83. The van der Waals surface area contributed by atoms with Crippen LogP contribution in [0, 0.1) is 17.0 Å². The maximum atomic E-state index is 12.6. The van der Waals surface area contributed by atoms with Gasteiger partial charge in [-0.05, 0) is 19.4 Å². The largest absolute Gasteiger partial charge is 0.334 e. The number of hydrogen-bond donors (Lipinski definition) is 0. The van der Waals surface area contributed by atoms with Crippen molar-refractivity contribution in [2.75, 3.05) is 12.3 Å². The van der Waals surface area contributed by atoms with Gasteiger partial charge in [-0.2, -0.15) is 11.8 Å². The molecular weight excluding hydrogens is 276 g/mol. The van der Waals surface area contributed by atoms with Gasteiger partial charge < -0.3 is 4.90 Å². The SMILES string of the molecule is Cc1ccc([N+](=O)[O-])cc1C(=O)N1CCS[C@@H](C)[C@@H]1C. The van der Waals surface area contributed by atoms with Crippen molar-refractivity contribution >= 4 is 23.4 Å². The Morgan fingerprint density at radius 2 is 2.15 bits per heavy atom. The number of benzene rings is 1. The zero-order valence-corrected chi connectivity index (χ0v) is 12.6. The molecule has 0 radical (unpaired) electrons. The molecule has 0 aromatic heterocycles. The van der Waals surface area contributed by atoms with E-state index in [1.165, 1.54) is 12.1 Å². The van der Waals surface area contributed by atoms with Gasteiger partial charge >= 0.3 is 0 Å². The molecule has 0 saturated carbocycles. The van der Waals surface area contributed by atoms with E-state index in [9.17, 15) is 14.9 Å². The summed E-state index contributed by atoms with van der Waals surface area (Å²) >= 11 is 1.85. The number of thioether (sulfide) groups is 1. The molecule has 1 saturated heterocycles. The Hall–Kier alpha value is -1.56. The van der Waals surface area contributed by atoms with Crippen LogP contribution in [0.25, 0.3) is 0 Å². The highest BCUT2D eigenvalue weighted by atomic mass is 32.2. The van der Waals surface area contributed by atoms with Gasteiger partial charge in [0.15, 0.2) is 0 Å². The average molecular weight is 294 g/mol. The van der Waals surface area contributed by atoms with E-state index < -0.39 is 4.92 Å². The molecule has 1 heterocycles. The van der Waals surface area contributed by atoms with Crippen LogP contribution in [0.3, 0.4) is 0 Å². The number of nitro groups is 1. The Balaban J connectivity index is 2.33. The lowest BCUT2D eigenvalue weighted by molar-refractivity contribution is -0.384. The number of amides is 1. The molecule has 1 aliphatic rings. The predicted molar refractivity (Wildman–Crippen MR) is 80.3 cm³/mol. The molecule has 0 spiro atoms. The summed E-state index contributed by atoms with van der Waals surface area (Å²) < 4.78 is 0. The first-order valence-corrected chi connectivity index (χ1v) is 7.64. The number of carbonyl (C=O) groups is 1. The Bertz CT molecular complexity index is 547. The molecule has 2 rings (SSSR count). The molecule has 1 amide bonds. The number of rotatable bonds is 2. The topological polar surface area (TPSA) is 63.5 Å². The summed E-state index contributed by atoms with van der Waals surface area (Å²) in [6.45, 7) is 6.64. The Morgan fingerprint density at radius 3 is 2.80 bits per heavy atom. The summed E-state index contributed by atoms with van der Waals surface area (Å²) in [5.74, 6) is 0.802. The molecule has 5 nitrogen and oxygen atoms in total. The number of non-ortho nitro benzene ring substituents is 1. The standard InChI is InChI=1S/C14H18N2O3S/c1-9-4-5-12(16(18)19)8-13(9)14(17)15-6-7-20-11(3)10(15)2/h4-5,8,10-11H,6-7H2,1-3H3/t10-,11-/m0/s1. The van der Waals surface area contributed by atoms with Gasteiger partial charge in [-0.25, -0.2) is 0 Å². The smallest absolute Gasteiger partial charge is 0.270 e. The molecule has 0 bridgehead atoms. The lowest BCUT2D eigenvalue weighted by Gasteiger charge is -2.37. The second-order valence-electron chi connectivity index (χ2n) is 5.07. The summed E-state index contributed by atoms with van der Waals surface area (Å²) in [5, 5.41) is 11.2. The van der Waals surface area contributed by atoms with Crippen molar-refractivity contribution in [1.29, 1.82) is 0 Å². The molecule has 0 N–H and O–H groups in total. The number of carbonyl (C=O) groups excluding carboxylic acids is 1. The fourth-order valence-electron chi connectivity index (χ4n) is 2.33. The Morgan fingerprint density at radius 1 is 1.45 bits per heavy atom. The Kier molecular flexibility index (Phi) is 4.32. The Labute approximate surface area is 122 Å². The van der Waals surface area contributed by atoms with Crippen LogP contribution in [0.15, 0.2) is 18.2 Å². The fraction of sp³-hybridized carbons (Fsp3) is 0.500. The molecule has 2 atom stereocenters. The van der Waals surface area contributed by atoms with Crippen LogP contribution in [0.5, 0.6) is 0 Å². The highest BCUT2D eigenvalue weighted by Crippen LogP contribution is 2.27. The van der Waals surface area contributed by atoms with Gasteiger partial charge in [0.25, 0.3) is 11.6 Å². The van der Waals surface area contributed by atoms with Gasteiger partial charge in [0, 0.05) is 41.3 Å². The monoisotopic (exact) mass is 294 g/mol. The predicted octanol–water partition coefficient (Wildman–Crippen LogP) is 2.87. The van der Waals surface area contributed by atoms with Crippen molar-refractivity contribution in [1.82, 2.24) is 4.90 Å². The van der Waals surface area contributed by atoms with Crippen molar-refractivity contribution < 1.29 is 9.72 Å². The first-order chi connectivity index (χ1) is 9.41. The summed E-state index contributed by atoms with van der Waals surface area (Å²) in [6, 6.07) is 4.60. The van der Waals surface area contributed by atoms with Gasteiger partial charge in [-0.15, -0.1) is 0 Å². The minimum absolute atomic E-state index is 0.0361. The molecule has 0 unspecified atom stereocenters. The van der Waals surface area contributed by atoms with Crippen LogP contribution in [-0.2, 0) is 0 Å². The molecule has 1 aromatic rings. The molecule has 1 aromatic carbocycles. The lowest BCUT2D eigenvalue weighted by Crippen LogP contribution is -2.48. The lowest BCUT2D eigenvalue weighted by atomic mass is 10.0. The minimum Gasteiger partial charge on any atom is -0.334 e. The van der Waals surface area contributed by atoms with E-state index >= 15 is 0 Å². The first-order valence-electron chi connectivity index (χ1n) is 6.59. The molecule has 6 heteroatoms. The minimum atomic E-state index is -0.464. The molecule has 108 valence electrons. The normalized spacial score (nSPS) is 22.6. The summed E-state index contributed by atoms with van der Waals surface area (Å²) in [4.78, 5) is 24.9. The zero-order chi connectivity index (χ0) is 14.9. The van der Waals surface area contributed by atoms with Gasteiger partial charge in [0.1, 0.15) is 0 Å². The highest BCUT2D eigenvalue weighted by Gasteiger charge is 2.30. The van der Waals surface area contributed by atoms with Crippen molar-refractivity contribution in [3.63, 3.8) is 0 Å². The third kappa shape index (κ3) is 2.80. The van der Waals surface area contributed by atoms with Gasteiger partial charge in [-0.3, -0.25) is 14.9 Å². The van der Waals surface area contributed by atoms with Crippen LogP contribution < -0.4 is 0 Å². The number of nitro benzene ring substituents is 1. The number of hydrogen-bond acceptors (Lipinski definition) is 4. The van der Waals surface area contributed by atoms with Crippen molar-refractivity contribution in [2.24, 2.45) is 0 Å².